The number of aromatic nitrogens is 2. The van der Waals surface area contributed by atoms with E-state index < -0.39 is 26.7 Å². The second-order valence-corrected chi connectivity index (χ2v) is 22.4. The van der Waals surface area contributed by atoms with E-state index >= 15 is 0 Å². The molecule has 54 heavy (non-hydrogen) atoms. The van der Waals surface area contributed by atoms with Gasteiger partial charge in [0.15, 0.2) is 0 Å². The molecule has 3 aromatic heterocycles. The zero-order chi connectivity index (χ0) is 42.2. The van der Waals surface area contributed by atoms with Crippen molar-refractivity contribution >= 4 is 35.2 Å². The van der Waals surface area contributed by atoms with Crippen LogP contribution in [0.5, 0.6) is 0 Å². The minimum Gasteiger partial charge on any atom is -0.501 e. The maximum Gasteiger partial charge on any atom is 0.121 e. The number of hydrogen-bond donors (Lipinski definition) is 0. The predicted octanol–water partition coefficient (Wildman–Crippen LogP) is 12.7. The molecule has 1 aliphatic carbocycles. The first-order valence-corrected chi connectivity index (χ1v) is 21.9. The summed E-state index contributed by atoms with van der Waals surface area (Å²) in [4.78, 5) is 9.04. The standard InChI is InChI=1S/C35H36NO.C14H16NSi.Ir/c1-21-20-36-30(16-22(21)19-33(2,3)4)25-14-11-13-24-27-17-29-26(18-31(27)37-32(24)25)23-12-9-10-15-28(23)34(5,6)35(29,7)8;1-16(2,3)13-9-10-14(15-11-13)12-7-5-4-6-8-12;/h9-13,15-18,20H,19H2,1-8H3;4-7,9-11H,1-3H3;/q2*-1;/i1D3,19D2;;. The van der Waals surface area contributed by atoms with Crippen LogP contribution in [0, 0.1) is 24.4 Å². The van der Waals surface area contributed by atoms with Gasteiger partial charge >= 0.3 is 0 Å². The van der Waals surface area contributed by atoms with Crippen molar-refractivity contribution in [1.29, 1.82) is 0 Å². The quantitative estimate of drug-likeness (QED) is 0.130. The Morgan fingerprint density at radius 1 is 0.759 bits per heavy atom. The van der Waals surface area contributed by atoms with Crippen molar-refractivity contribution in [3.63, 3.8) is 0 Å². The molecule has 0 amide bonds. The summed E-state index contributed by atoms with van der Waals surface area (Å²) >= 11 is 0. The first-order chi connectivity index (χ1) is 26.9. The molecule has 0 fully saturated rings. The molecule has 7 aromatic rings. The molecule has 0 saturated carbocycles. The van der Waals surface area contributed by atoms with E-state index in [0.29, 0.717) is 16.8 Å². The van der Waals surface area contributed by atoms with E-state index in [1.807, 2.05) is 42.6 Å². The zero-order valence-electron chi connectivity index (χ0n) is 38.0. The van der Waals surface area contributed by atoms with Crippen LogP contribution < -0.4 is 5.19 Å². The van der Waals surface area contributed by atoms with Crippen molar-refractivity contribution in [2.24, 2.45) is 5.41 Å². The van der Waals surface area contributed by atoms with E-state index in [-0.39, 0.29) is 42.1 Å². The molecule has 1 radical (unpaired) electrons. The minimum absolute atomic E-state index is 0. The molecule has 0 unspecified atom stereocenters. The fraction of sp³-hybridized carbons (Fsp3) is 0.306. The van der Waals surface area contributed by atoms with Crippen LogP contribution in [0.4, 0.5) is 0 Å². The molecule has 3 nitrogen and oxygen atoms in total. The smallest absolute Gasteiger partial charge is 0.121 e. The van der Waals surface area contributed by atoms with Crippen LogP contribution >= 0.6 is 0 Å². The Labute approximate surface area is 344 Å². The van der Waals surface area contributed by atoms with E-state index in [0.717, 1.165) is 33.2 Å². The fourth-order valence-electron chi connectivity index (χ4n) is 7.30. The van der Waals surface area contributed by atoms with Gasteiger partial charge in [-0.25, -0.2) is 0 Å². The average Bonchev–Trinajstić information content (AvgIpc) is 3.54. The summed E-state index contributed by atoms with van der Waals surface area (Å²) in [7, 11) is -1.23. The van der Waals surface area contributed by atoms with Gasteiger partial charge in [-0.1, -0.05) is 127 Å². The van der Waals surface area contributed by atoms with Crippen LogP contribution in [0.15, 0.2) is 108 Å². The van der Waals surface area contributed by atoms with E-state index in [1.165, 1.54) is 28.1 Å². The van der Waals surface area contributed by atoms with Crippen LogP contribution in [0.3, 0.4) is 0 Å². The first-order valence-electron chi connectivity index (χ1n) is 20.9. The molecular formula is C49H52IrN2OSi-2. The molecule has 5 heteroatoms. The van der Waals surface area contributed by atoms with Gasteiger partial charge < -0.3 is 14.4 Å². The van der Waals surface area contributed by atoms with Gasteiger partial charge in [-0.2, -0.15) is 0 Å². The molecule has 0 spiro atoms. The van der Waals surface area contributed by atoms with Crippen LogP contribution in [-0.2, 0) is 37.3 Å². The molecule has 4 aromatic carbocycles. The second kappa shape index (κ2) is 14.5. The van der Waals surface area contributed by atoms with Gasteiger partial charge in [0.05, 0.1) is 13.7 Å². The van der Waals surface area contributed by atoms with Crippen molar-refractivity contribution in [2.75, 3.05) is 0 Å². The average molecular weight is 910 g/mol. The molecule has 3 heterocycles. The molecule has 0 saturated heterocycles. The number of rotatable bonds is 4. The largest absolute Gasteiger partial charge is 0.501 e. The number of furan rings is 1. The third kappa shape index (κ3) is 7.31. The summed E-state index contributed by atoms with van der Waals surface area (Å²) in [6.07, 6.45) is 1.38. The van der Waals surface area contributed by atoms with Gasteiger partial charge in [0.25, 0.3) is 0 Å². The van der Waals surface area contributed by atoms with Crippen molar-refractivity contribution in [3.8, 4) is 33.6 Å². The van der Waals surface area contributed by atoms with Crippen molar-refractivity contribution < 1.29 is 31.4 Å². The van der Waals surface area contributed by atoms with Gasteiger partial charge in [0.2, 0.25) is 0 Å². The molecule has 0 aliphatic heterocycles. The zero-order valence-corrected chi connectivity index (χ0v) is 36.3. The van der Waals surface area contributed by atoms with Crippen LogP contribution in [0.1, 0.15) is 77.6 Å². The monoisotopic (exact) mass is 910 g/mol. The number of nitrogens with zero attached hydrogens (tertiary/aromatic N) is 2. The van der Waals surface area contributed by atoms with Crippen molar-refractivity contribution in [2.45, 2.75) is 92.2 Å². The van der Waals surface area contributed by atoms with Crippen molar-refractivity contribution in [3.05, 3.63) is 138 Å². The Kier molecular flexibility index (Phi) is 8.91. The Morgan fingerprint density at radius 3 is 2.15 bits per heavy atom. The minimum atomic E-state index is -2.51. The van der Waals surface area contributed by atoms with Gasteiger partial charge in [-0.3, -0.25) is 0 Å². The number of hydrogen-bond acceptors (Lipinski definition) is 3. The molecule has 0 bridgehead atoms. The Bertz CT molecular complexity index is 2650. The Morgan fingerprint density at radius 2 is 1.48 bits per heavy atom. The van der Waals surface area contributed by atoms with E-state index in [9.17, 15) is 0 Å². The van der Waals surface area contributed by atoms with Crippen LogP contribution in [0.2, 0.25) is 19.6 Å². The SMILES string of the molecule is C[Si](C)(C)c1ccc(-c2[c-]cccc2)nc1.[2H]C([2H])([2H])c1cnc(-c2[c-]ccc3c2oc2cc4c(cc23)C(C)(C)C(C)(C)c2ccccc2-4)cc1C([2H])([2H])C(C)(C)C.[Ir]. The Hall–Kier alpha value is -4.15. The van der Waals surface area contributed by atoms with E-state index in [4.69, 9.17) is 11.3 Å². The normalized spacial score (nSPS) is 16.3. The van der Waals surface area contributed by atoms with Gasteiger partial charge in [0, 0.05) is 44.7 Å². The summed E-state index contributed by atoms with van der Waals surface area (Å²) in [5, 5.41) is 3.30. The number of benzene rings is 4. The molecule has 8 rings (SSSR count). The first kappa shape index (κ1) is 33.2. The topological polar surface area (TPSA) is 38.9 Å². The molecular weight excluding hydrogens is 853 g/mol. The summed E-state index contributed by atoms with van der Waals surface area (Å²) in [6.45, 7) is 19.0. The van der Waals surface area contributed by atoms with Crippen LogP contribution in [-0.4, -0.2) is 18.0 Å². The summed E-state index contributed by atoms with van der Waals surface area (Å²) in [6, 6.07) is 37.1. The van der Waals surface area contributed by atoms with Crippen molar-refractivity contribution in [1.82, 2.24) is 9.97 Å². The fourth-order valence-corrected chi connectivity index (χ4v) is 8.34. The van der Waals surface area contributed by atoms with Gasteiger partial charge in [0.1, 0.15) is 5.58 Å². The van der Waals surface area contributed by atoms with E-state index in [2.05, 4.69) is 118 Å². The Balaban J connectivity index is 0.000000289. The molecule has 279 valence electrons. The maximum atomic E-state index is 8.93. The third-order valence-corrected chi connectivity index (χ3v) is 13.0. The molecule has 0 atom stereocenters. The third-order valence-electron chi connectivity index (χ3n) is 11.0. The summed E-state index contributed by atoms with van der Waals surface area (Å²) in [5.74, 6) is 0. The second-order valence-electron chi connectivity index (χ2n) is 17.3. The number of aryl methyl sites for hydroxylation is 1. The molecule has 0 N–H and O–H groups in total. The number of fused-ring (bicyclic) bond motifs is 6. The molecule has 1 aliphatic rings. The summed E-state index contributed by atoms with van der Waals surface area (Å²) < 4.78 is 48.6. The summed E-state index contributed by atoms with van der Waals surface area (Å²) in [5.41, 5.74) is 8.27. The van der Waals surface area contributed by atoms with Crippen LogP contribution in [0.25, 0.3) is 55.6 Å². The maximum absolute atomic E-state index is 8.93. The predicted molar refractivity (Wildman–Crippen MR) is 227 cm³/mol. The van der Waals surface area contributed by atoms with Gasteiger partial charge in [-0.15, -0.1) is 54.1 Å². The van der Waals surface area contributed by atoms with E-state index in [1.54, 1.807) is 26.8 Å². The van der Waals surface area contributed by atoms with Gasteiger partial charge in [-0.05, 0) is 86.0 Å². The number of pyridine rings is 2.